The number of benzene rings is 1. The van der Waals surface area contributed by atoms with E-state index in [1.807, 2.05) is 24.0 Å². The molecule has 0 atom stereocenters. The molecule has 1 aliphatic heterocycles. The van der Waals surface area contributed by atoms with Gasteiger partial charge in [-0.05, 0) is 60.5 Å². The average Bonchev–Trinajstić information content (AvgIpc) is 2.96. The minimum absolute atomic E-state index is 0.162. The molecule has 3 aromatic rings. The average molecular weight is 530 g/mol. The molecule has 2 aromatic heterocycles. The number of nitrogens with zero attached hydrogens (tertiary/aromatic N) is 3. The number of anilines is 2. The molecule has 0 bridgehead atoms. The van der Waals surface area contributed by atoms with Crippen LogP contribution in [0.5, 0.6) is 0 Å². The molecule has 0 unspecified atom stereocenters. The number of ether oxygens (including phenoxy) is 1. The van der Waals surface area contributed by atoms with E-state index in [1.165, 1.54) is 25.1 Å². The summed E-state index contributed by atoms with van der Waals surface area (Å²) in [6.07, 6.45) is 6.36. The lowest BCUT2D eigenvalue weighted by atomic mass is 9.89. The van der Waals surface area contributed by atoms with Gasteiger partial charge in [0.25, 0.3) is 5.56 Å². The van der Waals surface area contributed by atoms with Gasteiger partial charge in [0.15, 0.2) is 0 Å². The van der Waals surface area contributed by atoms with Crippen LogP contribution in [0, 0.1) is 0 Å². The standard InChI is InChI=1S/C29H35N7O3/c1-4-31-18-26(37)36-13-10-21(11-14-36)20-5-7-23(8-6-20)34-28-27-22(9-12-33-29(27)38)15-25(35-28)24(30)17-32-16-19(2)39-3/h5-9,12,15-17,21,31H,2,4,10-11,13-14,18,30H2,1,3H3,(H,33,38)(H,34,35)/b24-17-,32-16-. The Morgan fingerprint density at radius 2 is 2.03 bits per heavy atom. The Bertz CT molecular complexity index is 1440. The van der Waals surface area contributed by atoms with Gasteiger partial charge in [-0.1, -0.05) is 25.6 Å². The van der Waals surface area contributed by atoms with Crippen LogP contribution < -0.4 is 21.9 Å². The minimum Gasteiger partial charge on any atom is -0.496 e. The van der Waals surface area contributed by atoms with Crippen molar-refractivity contribution in [2.75, 3.05) is 38.6 Å². The molecule has 5 N–H and O–H groups in total. The molecule has 1 aliphatic rings. The summed E-state index contributed by atoms with van der Waals surface area (Å²) in [6, 6.07) is 11.7. The molecule has 0 spiro atoms. The Morgan fingerprint density at radius 1 is 1.28 bits per heavy atom. The van der Waals surface area contributed by atoms with Gasteiger partial charge >= 0.3 is 0 Å². The predicted molar refractivity (Wildman–Crippen MR) is 156 cm³/mol. The SMILES string of the molecule is C=C(/C=N\C=C(/N)c1cc2cc[nH]c(=O)c2c(Nc2ccc(C3CCN(C(=O)CNCC)CC3)cc2)n1)OC. The smallest absolute Gasteiger partial charge is 0.259 e. The summed E-state index contributed by atoms with van der Waals surface area (Å²) < 4.78 is 4.97. The number of nitrogens with one attached hydrogen (secondary N) is 3. The highest BCUT2D eigenvalue weighted by Crippen LogP contribution is 2.30. The molecule has 39 heavy (non-hydrogen) atoms. The number of carbonyl (C=O) groups is 1. The molecule has 0 aliphatic carbocycles. The predicted octanol–water partition coefficient (Wildman–Crippen LogP) is 3.47. The lowest BCUT2D eigenvalue weighted by molar-refractivity contribution is -0.131. The largest absolute Gasteiger partial charge is 0.496 e. The van der Waals surface area contributed by atoms with Gasteiger partial charge in [0, 0.05) is 25.0 Å². The van der Waals surface area contributed by atoms with Crippen LogP contribution in [0.2, 0.25) is 0 Å². The van der Waals surface area contributed by atoms with Crippen molar-refractivity contribution in [1.82, 2.24) is 20.2 Å². The van der Waals surface area contributed by atoms with Crippen LogP contribution in [0.4, 0.5) is 11.5 Å². The van der Waals surface area contributed by atoms with E-state index in [9.17, 15) is 9.59 Å². The highest BCUT2D eigenvalue weighted by Gasteiger charge is 2.23. The Labute approximate surface area is 227 Å². The maximum absolute atomic E-state index is 12.7. The number of nitrogens with two attached hydrogens (primary N) is 1. The number of carbonyl (C=O) groups excluding carboxylic acids is 1. The molecule has 0 radical (unpaired) electrons. The molecule has 1 amide bonds. The Kier molecular flexibility index (Phi) is 9.11. The van der Waals surface area contributed by atoms with Crippen molar-refractivity contribution in [3.05, 3.63) is 82.7 Å². The number of fused-ring (bicyclic) bond motifs is 1. The molecule has 3 heterocycles. The summed E-state index contributed by atoms with van der Waals surface area (Å²) >= 11 is 0. The van der Waals surface area contributed by atoms with Gasteiger partial charge in [-0.3, -0.25) is 14.6 Å². The summed E-state index contributed by atoms with van der Waals surface area (Å²) in [5.41, 5.74) is 8.81. The van der Waals surface area contributed by atoms with Gasteiger partial charge in [-0.25, -0.2) is 4.98 Å². The lowest BCUT2D eigenvalue weighted by Gasteiger charge is -2.32. The summed E-state index contributed by atoms with van der Waals surface area (Å²) in [4.78, 5) is 38.4. The van der Waals surface area contributed by atoms with Crippen molar-refractivity contribution in [3.8, 4) is 0 Å². The number of aromatic amines is 1. The number of piperidine rings is 1. The van der Waals surface area contributed by atoms with Crippen molar-refractivity contribution in [3.63, 3.8) is 0 Å². The number of likely N-dealkylation sites (N-methyl/N-ethyl adjacent to an activating group) is 1. The zero-order chi connectivity index (χ0) is 27.8. The second-order valence-corrected chi connectivity index (χ2v) is 9.34. The molecular weight excluding hydrogens is 494 g/mol. The number of amides is 1. The molecular formula is C29H35N7O3. The second-order valence-electron chi connectivity index (χ2n) is 9.34. The third-order valence-electron chi connectivity index (χ3n) is 6.76. The van der Waals surface area contributed by atoms with E-state index in [1.54, 1.807) is 18.3 Å². The number of aromatic nitrogens is 2. The fourth-order valence-corrected chi connectivity index (χ4v) is 4.55. The van der Waals surface area contributed by atoms with Gasteiger partial charge in [-0.15, -0.1) is 0 Å². The summed E-state index contributed by atoms with van der Waals surface area (Å²) in [7, 11) is 1.51. The first kappa shape index (κ1) is 27.6. The van der Waals surface area contributed by atoms with Gasteiger partial charge < -0.3 is 31.0 Å². The zero-order valence-electron chi connectivity index (χ0n) is 22.4. The lowest BCUT2D eigenvalue weighted by Crippen LogP contribution is -2.42. The van der Waals surface area contributed by atoms with E-state index in [2.05, 4.69) is 44.3 Å². The summed E-state index contributed by atoms with van der Waals surface area (Å²) in [5, 5.41) is 7.53. The van der Waals surface area contributed by atoms with Gasteiger partial charge in [0.05, 0.1) is 42.8 Å². The minimum atomic E-state index is -0.252. The quantitative estimate of drug-likeness (QED) is 0.233. The fraction of sp³-hybridized carbons (Fsp3) is 0.310. The van der Waals surface area contributed by atoms with Gasteiger partial charge in [0.2, 0.25) is 5.91 Å². The highest BCUT2D eigenvalue weighted by molar-refractivity contribution is 5.94. The van der Waals surface area contributed by atoms with Crippen molar-refractivity contribution < 1.29 is 9.53 Å². The normalized spacial score (nSPS) is 14.6. The Hall–Kier alpha value is -4.44. The Morgan fingerprint density at radius 3 is 2.72 bits per heavy atom. The van der Waals surface area contributed by atoms with Crippen LogP contribution >= 0.6 is 0 Å². The first-order valence-electron chi connectivity index (χ1n) is 13.0. The third kappa shape index (κ3) is 6.91. The van der Waals surface area contributed by atoms with Crippen molar-refractivity contribution in [2.45, 2.75) is 25.7 Å². The molecule has 204 valence electrons. The molecule has 1 saturated heterocycles. The van der Waals surface area contributed by atoms with E-state index in [4.69, 9.17) is 10.5 Å². The topological polar surface area (TPSA) is 138 Å². The van der Waals surface area contributed by atoms with Crippen LogP contribution in [-0.2, 0) is 9.53 Å². The van der Waals surface area contributed by atoms with Crippen molar-refractivity contribution in [1.29, 1.82) is 0 Å². The van der Waals surface area contributed by atoms with Crippen molar-refractivity contribution in [2.24, 2.45) is 10.7 Å². The monoisotopic (exact) mass is 529 g/mol. The van der Waals surface area contributed by atoms with E-state index in [0.717, 1.165) is 38.2 Å². The summed E-state index contributed by atoms with van der Waals surface area (Å²) in [6.45, 7) is 8.39. The van der Waals surface area contributed by atoms with E-state index < -0.39 is 0 Å². The van der Waals surface area contributed by atoms with Gasteiger partial charge in [-0.2, -0.15) is 0 Å². The number of hydrogen-bond donors (Lipinski definition) is 4. The highest BCUT2D eigenvalue weighted by atomic mass is 16.5. The van der Waals surface area contributed by atoms with Crippen LogP contribution in [0.15, 0.2) is 70.9 Å². The Balaban J connectivity index is 1.51. The maximum atomic E-state index is 12.7. The first-order valence-corrected chi connectivity index (χ1v) is 13.0. The van der Waals surface area contributed by atoms with E-state index >= 15 is 0 Å². The molecule has 10 nitrogen and oxygen atoms in total. The molecule has 10 heteroatoms. The fourth-order valence-electron chi connectivity index (χ4n) is 4.55. The van der Waals surface area contributed by atoms with Crippen LogP contribution in [0.25, 0.3) is 16.5 Å². The molecule has 1 fully saturated rings. The molecule has 1 aromatic carbocycles. The van der Waals surface area contributed by atoms with Gasteiger partial charge in [0.1, 0.15) is 11.6 Å². The van der Waals surface area contributed by atoms with Crippen LogP contribution in [0.1, 0.15) is 36.9 Å². The number of aliphatic imine (C=N–C) groups is 1. The van der Waals surface area contributed by atoms with E-state index in [0.29, 0.717) is 46.2 Å². The summed E-state index contributed by atoms with van der Waals surface area (Å²) in [5.74, 6) is 1.35. The van der Waals surface area contributed by atoms with E-state index in [-0.39, 0.29) is 11.5 Å². The zero-order valence-corrected chi connectivity index (χ0v) is 22.4. The van der Waals surface area contributed by atoms with Crippen LogP contribution in [0.3, 0.4) is 0 Å². The second kappa shape index (κ2) is 12.9. The first-order chi connectivity index (χ1) is 18.9. The molecule has 0 saturated carbocycles. The number of allylic oxidation sites excluding steroid dienone is 1. The molecule has 4 rings (SSSR count). The van der Waals surface area contributed by atoms with Crippen LogP contribution in [-0.4, -0.2) is 60.3 Å². The van der Waals surface area contributed by atoms with Crippen molar-refractivity contribution >= 4 is 40.1 Å². The number of pyridine rings is 2. The number of hydrogen-bond acceptors (Lipinski definition) is 8. The number of rotatable bonds is 10. The maximum Gasteiger partial charge on any atom is 0.259 e. The number of H-pyrrole nitrogens is 1. The number of methoxy groups -OCH3 is 1. The third-order valence-corrected chi connectivity index (χ3v) is 6.76. The number of likely N-dealkylation sites (tertiary alicyclic amines) is 1.